The van der Waals surface area contributed by atoms with Gasteiger partial charge in [0.2, 0.25) is 0 Å². The molecule has 3 nitrogen and oxygen atoms in total. The molecule has 2 atom stereocenters. The van der Waals surface area contributed by atoms with Crippen LogP contribution in [0.4, 0.5) is 0 Å². The summed E-state index contributed by atoms with van der Waals surface area (Å²) >= 11 is 0. The van der Waals surface area contributed by atoms with E-state index in [4.69, 9.17) is 9.16 Å². The lowest BCUT2D eigenvalue weighted by molar-refractivity contribution is 0.0808. The van der Waals surface area contributed by atoms with Crippen molar-refractivity contribution in [1.82, 2.24) is 5.32 Å². The van der Waals surface area contributed by atoms with Crippen LogP contribution in [0.5, 0.6) is 0 Å². The molecule has 1 aromatic carbocycles. The Morgan fingerprint density at radius 1 is 1.16 bits per heavy atom. The summed E-state index contributed by atoms with van der Waals surface area (Å²) in [5.74, 6) is 0.636. The molecule has 0 spiro atoms. The summed E-state index contributed by atoms with van der Waals surface area (Å²) in [5, 5.41) is 3.96. The van der Waals surface area contributed by atoms with E-state index < -0.39 is 8.32 Å². The van der Waals surface area contributed by atoms with Crippen LogP contribution in [0.3, 0.4) is 0 Å². The van der Waals surface area contributed by atoms with E-state index >= 15 is 0 Å². The molecule has 2 rings (SSSR count). The van der Waals surface area contributed by atoms with Crippen LogP contribution < -0.4 is 5.32 Å². The lowest BCUT2D eigenvalue weighted by Crippen LogP contribution is -2.41. The van der Waals surface area contributed by atoms with E-state index in [1.807, 2.05) is 6.07 Å². The first-order chi connectivity index (χ1) is 11.8. The molecule has 0 radical (unpaired) electrons. The summed E-state index contributed by atoms with van der Waals surface area (Å²) in [4.78, 5) is 0. The van der Waals surface area contributed by atoms with Gasteiger partial charge >= 0.3 is 0 Å². The van der Waals surface area contributed by atoms with Gasteiger partial charge in [0.05, 0.1) is 13.2 Å². The monoisotopic (exact) mass is 363 g/mol. The summed E-state index contributed by atoms with van der Waals surface area (Å²) in [6, 6.07) is 11.0. The molecule has 1 aliphatic rings. The Balaban J connectivity index is 1.66. The quantitative estimate of drug-likeness (QED) is 0.495. The highest BCUT2D eigenvalue weighted by Gasteiger charge is 2.37. The van der Waals surface area contributed by atoms with Gasteiger partial charge in [0.15, 0.2) is 8.32 Å². The van der Waals surface area contributed by atoms with Crippen LogP contribution in [0.1, 0.15) is 45.6 Å². The van der Waals surface area contributed by atoms with Gasteiger partial charge in [0.1, 0.15) is 0 Å². The van der Waals surface area contributed by atoms with Crippen molar-refractivity contribution in [3.63, 3.8) is 0 Å². The van der Waals surface area contributed by atoms with Crippen molar-refractivity contribution in [1.29, 1.82) is 0 Å². The van der Waals surface area contributed by atoms with Gasteiger partial charge in [-0.3, -0.25) is 0 Å². The average molecular weight is 364 g/mol. The number of benzene rings is 1. The van der Waals surface area contributed by atoms with Crippen LogP contribution >= 0.6 is 0 Å². The minimum atomic E-state index is -1.60. The predicted octanol–water partition coefficient (Wildman–Crippen LogP) is 4.98. The smallest absolute Gasteiger partial charge is 0.191 e. The third-order valence-electron chi connectivity index (χ3n) is 5.86. The first-order valence-electron chi connectivity index (χ1n) is 9.78. The summed E-state index contributed by atoms with van der Waals surface area (Å²) in [6.45, 7) is 15.2. The van der Waals surface area contributed by atoms with Crippen LogP contribution in [0.15, 0.2) is 30.3 Å². The van der Waals surface area contributed by atoms with Crippen molar-refractivity contribution < 1.29 is 9.16 Å². The van der Waals surface area contributed by atoms with Crippen LogP contribution in [0, 0.1) is 5.92 Å². The first-order valence-corrected chi connectivity index (χ1v) is 12.7. The molecule has 4 heteroatoms. The summed E-state index contributed by atoms with van der Waals surface area (Å²) in [7, 11) is -1.60. The molecule has 1 aliphatic heterocycles. The van der Waals surface area contributed by atoms with Gasteiger partial charge in [-0.15, -0.1) is 0 Å². The van der Waals surface area contributed by atoms with Crippen LogP contribution in [0.25, 0.3) is 0 Å². The van der Waals surface area contributed by atoms with Gasteiger partial charge in [-0.1, -0.05) is 51.1 Å². The van der Waals surface area contributed by atoms with Crippen molar-refractivity contribution >= 4 is 8.32 Å². The Hall–Kier alpha value is -0.683. The van der Waals surface area contributed by atoms with Crippen molar-refractivity contribution in [3.05, 3.63) is 35.9 Å². The van der Waals surface area contributed by atoms with Crippen molar-refractivity contribution in [2.45, 2.75) is 70.8 Å². The van der Waals surface area contributed by atoms with Gasteiger partial charge < -0.3 is 14.5 Å². The minimum absolute atomic E-state index is 0.298. The molecule has 1 N–H and O–H groups in total. The van der Waals surface area contributed by atoms with Crippen LogP contribution in [0.2, 0.25) is 18.1 Å². The Bertz CT molecular complexity index is 498. The van der Waals surface area contributed by atoms with E-state index in [2.05, 4.69) is 63.4 Å². The predicted molar refractivity (Wildman–Crippen MR) is 108 cm³/mol. The molecule has 0 bridgehead atoms. The van der Waals surface area contributed by atoms with E-state index in [1.165, 1.54) is 18.4 Å². The molecular weight excluding hydrogens is 326 g/mol. The van der Waals surface area contributed by atoms with E-state index in [1.54, 1.807) is 0 Å². The maximum Gasteiger partial charge on any atom is 0.191 e. The molecule has 1 saturated heterocycles. The second-order valence-electron chi connectivity index (χ2n) is 8.86. The zero-order valence-corrected chi connectivity index (χ0v) is 17.8. The molecule has 0 amide bonds. The second-order valence-corrected chi connectivity index (χ2v) is 13.7. The number of hydrogen-bond acceptors (Lipinski definition) is 3. The van der Waals surface area contributed by atoms with Gasteiger partial charge in [-0.25, -0.2) is 0 Å². The Morgan fingerprint density at radius 2 is 1.88 bits per heavy atom. The lowest BCUT2D eigenvalue weighted by atomic mass is 9.98. The topological polar surface area (TPSA) is 30.5 Å². The highest BCUT2D eigenvalue weighted by atomic mass is 28.4. The number of hydrogen-bond donors (Lipinski definition) is 1. The maximum absolute atomic E-state index is 6.31. The van der Waals surface area contributed by atoms with Gasteiger partial charge in [-0.05, 0) is 55.4 Å². The summed E-state index contributed by atoms with van der Waals surface area (Å²) < 4.78 is 12.3. The maximum atomic E-state index is 6.31. The SMILES string of the molecule is CC(C)(C)[Si](C)(C)OCCC[C@@H]1NCC[C@@H]1COCc1ccccc1. The molecule has 142 valence electrons. The molecule has 1 heterocycles. The molecule has 0 aromatic heterocycles. The summed E-state index contributed by atoms with van der Waals surface area (Å²) in [6.07, 6.45) is 3.55. The molecule has 1 aromatic rings. The standard InChI is InChI=1S/C21H37NO2Si/c1-21(2,3)25(4,5)24-15-9-12-20-19(13-14-22-20)17-23-16-18-10-7-6-8-11-18/h6-8,10-11,19-20,22H,9,12-17H2,1-5H3/t19-,20+/m1/s1. The van der Waals surface area contributed by atoms with E-state index in [9.17, 15) is 0 Å². The van der Waals surface area contributed by atoms with E-state index in [0.717, 1.165) is 32.8 Å². The molecule has 0 aliphatic carbocycles. The number of rotatable bonds is 9. The largest absolute Gasteiger partial charge is 0.417 e. The normalized spacial score (nSPS) is 21.6. The fourth-order valence-electron chi connectivity index (χ4n) is 3.11. The Labute approximate surface area is 155 Å². The molecule has 25 heavy (non-hydrogen) atoms. The fourth-order valence-corrected chi connectivity index (χ4v) is 4.20. The Kier molecular flexibility index (Phi) is 7.68. The van der Waals surface area contributed by atoms with Crippen LogP contribution in [-0.4, -0.2) is 34.1 Å². The van der Waals surface area contributed by atoms with E-state index in [-0.39, 0.29) is 0 Å². The molecule has 0 unspecified atom stereocenters. The number of ether oxygens (including phenoxy) is 1. The van der Waals surface area contributed by atoms with Crippen molar-refractivity contribution in [2.75, 3.05) is 19.8 Å². The zero-order chi connectivity index (χ0) is 18.3. The highest BCUT2D eigenvalue weighted by Crippen LogP contribution is 2.36. The molecule has 1 fully saturated rings. The first kappa shape index (κ1) is 20.6. The van der Waals surface area contributed by atoms with Gasteiger partial charge in [0, 0.05) is 12.6 Å². The highest BCUT2D eigenvalue weighted by molar-refractivity contribution is 6.74. The average Bonchev–Trinajstić information content (AvgIpc) is 2.99. The molecular formula is C21H37NO2Si. The third-order valence-corrected chi connectivity index (χ3v) is 10.4. The number of nitrogens with one attached hydrogen (secondary N) is 1. The fraction of sp³-hybridized carbons (Fsp3) is 0.714. The second kappa shape index (κ2) is 9.31. The van der Waals surface area contributed by atoms with Crippen LogP contribution in [-0.2, 0) is 15.8 Å². The van der Waals surface area contributed by atoms with Crippen molar-refractivity contribution in [2.24, 2.45) is 5.92 Å². The third kappa shape index (κ3) is 6.52. The lowest BCUT2D eigenvalue weighted by Gasteiger charge is -2.36. The summed E-state index contributed by atoms with van der Waals surface area (Å²) in [5.41, 5.74) is 1.26. The minimum Gasteiger partial charge on any atom is -0.417 e. The van der Waals surface area contributed by atoms with Crippen molar-refractivity contribution in [3.8, 4) is 0 Å². The molecule has 0 saturated carbocycles. The van der Waals surface area contributed by atoms with Gasteiger partial charge in [-0.2, -0.15) is 0 Å². The zero-order valence-electron chi connectivity index (χ0n) is 16.8. The van der Waals surface area contributed by atoms with E-state index in [0.29, 0.717) is 17.0 Å². The van der Waals surface area contributed by atoms with Gasteiger partial charge in [0.25, 0.3) is 0 Å². The Morgan fingerprint density at radius 3 is 2.56 bits per heavy atom.